The predicted molar refractivity (Wildman–Crippen MR) is 74.2 cm³/mol. The molecule has 1 aromatic carbocycles. The minimum absolute atomic E-state index is 0.251. The number of aromatic nitrogens is 2. The lowest BCUT2D eigenvalue weighted by Gasteiger charge is -2.13. The van der Waals surface area contributed by atoms with Crippen molar-refractivity contribution in [2.45, 2.75) is 19.6 Å². The molecular weight excluding hydrogens is 256 g/mol. The number of aromatic amines is 1. The molecule has 0 radical (unpaired) electrons. The number of anilines is 1. The van der Waals surface area contributed by atoms with E-state index >= 15 is 0 Å². The first kappa shape index (κ1) is 12.7. The third-order valence-corrected chi connectivity index (χ3v) is 3.24. The largest absolute Gasteiger partial charge is 0.444 e. The van der Waals surface area contributed by atoms with E-state index in [0.717, 1.165) is 36.3 Å². The van der Waals surface area contributed by atoms with Crippen molar-refractivity contribution in [2.75, 3.05) is 11.9 Å². The van der Waals surface area contributed by atoms with Crippen molar-refractivity contribution in [3.05, 3.63) is 47.2 Å². The van der Waals surface area contributed by atoms with Crippen LogP contribution in [0.15, 0.2) is 30.3 Å². The van der Waals surface area contributed by atoms with Crippen LogP contribution in [0.25, 0.3) is 0 Å². The predicted octanol–water partition coefficient (Wildman–Crippen LogP) is 1.80. The monoisotopic (exact) mass is 272 g/mol. The molecule has 2 heterocycles. The molecule has 1 aromatic heterocycles. The fourth-order valence-corrected chi connectivity index (χ4v) is 2.20. The topological polar surface area (TPSA) is 79.0 Å². The first-order chi connectivity index (χ1) is 9.83. The minimum atomic E-state index is -0.485. The summed E-state index contributed by atoms with van der Waals surface area (Å²) in [5.41, 5.74) is 3.03. The van der Waals surface area contributed by atoms with Crippen molar-refractivity contribution in [1.82, 2.24) is 15.5 Å². The fourth-order valence-electron chi connectivity index (χ4n) is 2.20. The Balaban J connectivity index is 1.58. The summed E-state index contributed by atoms with van der Waals surface area (Å²) in [7, 11) is 0. The SMILES string of the molecule is O=C(Nc1n[nH]c2c1CCNC2)OCc1ccccc1. The lowest BCUT2D eigenvalue weighted by atomic mass is 10.1. The maximum Gasteiger partial charge on any atom is 0.413 e. The van der Waals surface area contributed by atoms with Crippen molar-refractivity contribution in [3.63, 3.8) is 0 Å². The van der Waals surface area contributed by atoms with Gasteiger partial charge in [0.25, 0.3) is 0 Å². The van der Waals surface area contributed by atoms with E-state index in [2.05, 4.69) is 20.8 Å². The van der Waals surface area contributed by atoms with E-state index in [1.165, 1.54) is 0 Å². The number of ether oxygens (including phenoxy) is 1. The number of benzene rings is 1. The van der Waals surface area contributed by atoms with E-state index in [1.54, 1.807) is 0 Å². The number of nitrogens with one attached hydrogen (secondary N) is 3. The molecule has 0 atom stereocenters. The van der Waals surface area contributed by atoms with Gasteiger partial charge in [0.2, 0.25) is 0 Å². The average Bonchev–Trinajstić information content (AvgIpc) is 2.90. The molecule has 3 N–H and O–H groups in total. The summed E-state index contributed by atoms with van der Waals surface area (Å²) in [4.78, 5) is 11.8. The second kappa shape index (κ2) is 5.75. The number of rotatable bonds is 3. The Labute approximate surface area is 116 Å². The highest BCUT2D eigenvalue weighted by molar-refractivity contribution is 5.84. The normalized spacial score (nSPS) is 13.6. The lowest BCUT2D eigenvalue weighted by molar-refractivity contribution is 0.155. The van der Waals surface area contributed by atoms with Gasteiger partial charge >= 0.3 is 6.09 Å². The maximum atomic E-state index is 11.8. The third kappa shape index (κ3) is 2.80. The van der Waals surface area contributed by atoms with Crippen molar-refractivity contribution in [2.24, 2.45) is 0 Å². The summed E-state index contributed by atoms with van der Waals surface area (Å²) in [6.07, 6.45) is 0.363. The molecule has 0 bridgehead atoms. The highest BCUT2D eigenvalue weighted by Gasteiger charge is 2.18. The molecule has 6 heteroatoms. The summed E-state index contributed by atoms with van der Waals surface area (Å²) in [6, 6.07) is 9.57. The van der Waals surface area contributed by atoms with Gasteiger partial charge in [-0.15, -0.1) is 0 Å². The molecule has 2 aromatic rings. The van der Waals surface area contributed by atoms with Crippen LogP contribution in [-0.2, 0) is 24.3 Å². The molecule has 3 rings (SSSR count). The van der Waals surface area contributed by atoms with Gasteiger partial charge in [0.05, 0.1) is 5.69 Å². The molecule has 0 spiro atoms. The van der Waals surface area contributed by atoms with Gasteiger partial charge < -0.3 is 10.1 Å². The first-order valence-corrected chi connectivity index (χ1v) is 6.57. The van der Waals surface area contributed by atoms with Gasteiger partial charge in [-0.05, 0) is 18.5 Å². The van der Waals surface area contributed by atoms with E-state index in [0.29, 0.717) is 5.82 Å². The smallest absolute Gasteiger partial charge is 0.413 e. The van der Waals surface area contributed by atoms with E-state index in [-0.39, 0.29) is 6.61 Å². The number of fused-ring (bicyclic) bond motifs is 1. The number of hydrogen-bond acceptors (Lipinski definition) is 4. The Kier molecular flexibility index (Phi) is 3.64. The standard InChI is InChI=1S/C14H16N4O2/c19-14(20-9-10-4-2-1-3-5-10)16-13-11-6-7-15-8-12(11)17-18-13/h1-5,15H,6-9H2,(H2,16,17,18,19). The maximum absolute atomic E-state index is 11.8. The zero-order valence-corrected chi connectivity index (χ0v) is 11.0. The molecule has 0 saturated heterocycles. The summed E-state index contributed by atoms with van der Waals surface area (Å²) in [6.45, 7) is 1.89. The van der Waals surface area contributed by atoms with Crippen LogP contribution in [0.2, 0.25) is 0 Å². The van der Waals surface area contributed by atoms with Crippen molar-refractivity contribution in [3.8, 4) is 0 Å². The quantitative estimate of drug-likeness (QED) is 0.796. The number of amides is 1. The van der Waals surface area contributed by atoms with Crippen LogP contribution in [0.1, 0.15) is 16.8 Å². The van der Waals surface area contributed by atoms with Gasteiger partial charge in [-0.25, -0.2) is 4.79 Å². The molecule has 0 aliphatic carbocycles. The summed E-state index contributed by atoms with van der Waals surface area (Å²) < 4.78 is 5.17. The lowest BCUT2D eigenvalue weighted by Crippen LogP contribution is -2.24. The van der Waals surface area contributed by atoms with Gasteiger partial charge in [0.1, 0.15) is 6.61 Å². The van der Waals surface area contributed by atoms with Crippen LogP contribution in [0.5, 0.6) is 0 Å². The molecule has 20 heavy (non-hydrogen) atoms. The van der Waals surface area contributed by atoms with Gasteiger partial charge in [-0.1, -0.05) is 30.3 Å². The van der Waals surface area contributed by atoms with Crippen molar-refractivity contribution < 1.29 is 9.53 Å². The number of carbonyl (C=O) groups is 1. The first-order valence-electron chi connectivity index (χ1n) is 6.57. The number of carbonyl (C=O) groups excluding carboxylic acids is 1. The van der Waals surface area contributed by atoms with Crippen LogP contribution in [-0.4, -0.2) is 22.8 Å². The van der Waals surface area contributed by atoms with Gasteiger partial charge in [0, 0.05) is 12.1 Å². The van der Waals surface area contributed by atoms with Crippen LogP contribution < -0.4 is 10.6 Å². The van der Waals surface area contributed by atoms with Crippen LogP contribution >= 0.6 is 0 Å². The van der Waals surface area contributed by atoms with E-state index < -0.39 is 6.09 Å². The molecule has 0 fully saturated rings. The van der Waals surface area contributed by atoms with Crippen molar-refractivity contribution in [1.29, 1.82) is 0 Å². The second-order valence-electron chi connectivity index (χ2n) is 4.64. The fraction of sp³-hybridized carbons (Fsp3) is 0.286. The summed E-state index contributed by atoms with van der Waals surface area (Å²) in [5, 5.41) is 13.0. The van der Waals surface area contributed by atoms with Crippen LogP contribution in [0, 0.1) is 0 Å². The van der Waals surface area contributed by atoms with Gasteiger partial charge in [-0.3, -0.25) is 10.4 Å². The van der Waals surface area contributed by atoms with Crippen LogP contribution in [0.4, 0.5) is 10.6 Å². The number of H-pyrrole nitrogens is 1. The van der Waals surface area contributed by atoms with E-state index in [4.69, 9.17) is 4.74 Å². The Morgan fingerprint density at radius 2 is 2.20 bits per heavy atom. The van der Waals surface area contributed by atoms with Crippen molar-refractivity contribution >= 4 is 11.9 Å². The van der Waals surface area contributed by atoms with E-state index in [9.17, 15) is 4.79 Å². The van der Waals surface area contributed by atoms with Crippen LogP contribution in [0.3, 0.4) is 0 Å². The molecule has 104 valence electrons. The van der Waals surface area contributed by atoms with Gasteiger partial charge in [-0.2, -0.15) is 5.10 Å². The third-order valence-electron chi connectivity index (χ3n) is 3.24. The molecule has 1 aliphatic rings. The highest BCUT2D eigenvalue weighted by atomic mass is 16.5. The Morgan fingerprint density at radius 1 is 1.35 bits per heavy atom. The number of hydrogen-bond donors (Lipinski definition) is 3. The highest BCUT2D eigenvalue weighted by Crippen LogP contribution is 2.19. The number of nitrogens with zero attached hydrogens (tertiary/aromatic N) is 1. The minimum Gasteiger partial charge on any atom is -0.444 e. The molecular formula is C14H16N4O2. The zero-order valence-electron chi connectivity index (χ0n) is 11.0. The summed E-state index contributed by atoms with van der Waals surface area (Å²) in [5.74, 6) is 0.569. The molecule has 0 saturated carbocycles. The average molecular weight is 272 g/mol. The Bertz CT molecular complexity index is 594. The molecule has 1 amide bonds. The molecule has 0 unspecified atom stereocenters. The Morgan fingerprint density at radius 3 is 3.05 bits per heavy atom. The second-order valence-corrected chi connectivity index (χ2v) is 4.64. The molecule has 6 nitrogen and oxygen atoms in total. The zero-order chi connectivity index (χ0) is 13.8. The van der Waals surface area contributed by atoms with Gasteiger partial charge in [0.15, 0.2) is 5.82 Å². The molecule has 1 aliphatic heterocycles. The summed E-state index contributed by atoms with van der Waals surface area (Å²) >= 11 is 0. The van der Waals surface area contributed by atoms with E-state index in [1.807, 2.05) is 30.3 Å². The Hall–Kier alpha value is -2.34.